The van der Waals surface area contributed by atoms with Crippen LogP contribution in [-0.2, 0) is 4.79 Å². The highest BCUT2D eigenvalue weighted by Crippen LogP contribution is 2.33. The van der Waals surface area contributed by atoms with Crippen molar-refractivity contribution in [2.75, 3.05) is 49.3 Å². The van der Waals surface area contributed by atoms with Gasteiger partial charge < -0.3 is 15.5 Å². The number of rotatable bonds is 5. The maximum absolute atomic E-state index is 12.7. The van der Waals surface area contributed by atoms with Crippen LogP contribution in [0.2, 0.25) is 0 Å². The van der Waals surface area contributed by atoms with Crippen LogP contribution in [0.25, 0.3) is 16.1 Å². The second-order valence-electron chi connectivity index (χ2n) is 9.43. The molecular weight excluding hydrogens is 464 g/mol. The zero-order chi connectivity index (χ0) is 23.5. The van der Waals surface area contributed by atoms with E-state index in [9.17, 15) is 4.79 Å². The highest BCUT2D eigenvalue weighted by atomic mass is 32.2. The van der Waals surface area contributed by atoms with E-state index in [1.165, 1.54) is 0 Å². The Kier molecular flexibility index (Phi) is 7.40. The molecule has 3 fully saturated rings. The van der Waals surface area contributed by atoms with Crippen molar-refractivity contribution in [3.8, 4) is 11.3 Å². The number of aromatic nitrogens is 1. The Bertz CT molecular complexity index is 1010. The molecule has 5 rings (SSSR count). The first-order valence-corrected chi connectivity index (χ1v) is 14.2. The third-order valence-corrected chi connectivity index (χ3v) is 9.35. The van der Waals surface area contributed by atoms with Crippen LogP contribution in [0.3, 0.4) is 0 Å². The zero-order valence-corrected chi connectivity index (χ0v) is 21.1. The summed E-state index contributed by atoms with van der Waals surface area (Å²) in [6.45, 7) is 12.1. The lowest BCUT2D eigenvalue weighted by atomic mass is 9.80. The van der Waals surface area contributed by atoms with Gasteiger partial charge in [-0.25, -0.2) is 9.83 Å². The average molecular weight is 497 g/mol. The van der Waals surface area contributed by atoms with E-state index in [1.54, 1.807) is 11.3 Å². The molecule has 3 aliphatic rings. The van der Waals surface area contributed by atoms with Crippen molar-refractivity contribution < 1.29 is 4.79 Å². The second-order valence-corrected chi connectivity index (χ2v) is 11.3. The number of anilines is 1. The molecule has 2 aromatic rings. The number of thiazole rings is 1. The summed E-state index contributed by atoms with van der Waals surface area (Å²) in [5, 5.41) is 3.19. The number of carbonyl (C=O) groups excluding carboxylic acids is 1. The van der Waals surface area contributed by atoms with Crippen LogP contribution < -0.4 is 10.6 Å². The summed E-state index contributed by atoms with van der Waals surface area (Å²) < 4.78 is 0. The first-order valence-electron chi connectivity index (χ1n) is 12.2. The number of nitrogens with two attached hydrogens (primary N) is 1. The normalized spacial score (nSPS) is 24.7. The van der Waals surface area contributed by atoms with Crippen LogP contribution in [0.1, 0.15) is 25.7 Å². The summed E-state index contributed by atoms with van der Waals surface area (Å²) in [7, 11) is 0. The molecule has 2 saturated heterocycles. The van der Waals surface area contributed by atoms with Gasteiger partial charge >= 0.3 is 0 Å². The van der Waals surface area contributed by atoms with Crippen molar-refractivity contribution in [3.63, 3.8) is 0 Å². The van der Waals surface area contributed by atoms with Gasteiger partial charge in [-0.1, -0.05) is 24.3 Å². The number of piperazine rings is 1. The molecule has 7 nitrogen and oxygen atoms in total. The molecule has 0 unspecified atom stereocenters. The van der Waals surface area contributed by atoms with Crippen molar-refractivity contribution in [1.82, 2.24) is 14.8 Å². The van der Waals surface area contributed by atoms with Crippen molar-refractivity contribution in [2.45, 2.75) is 37.8 Å². The van der Waals surface area contributed by atoms with E-state index in [1.807, 2.05) is 40.9 Å². The Morgan fingerprint density at radius 2 is 1.82 bits per heavy atom. The topological polar surface area (TPSA) is 70.1 Å². The molecule has 0 radical (unpaired) electrons. The summed E-state index contributed by atoms with van der Waals surface area (Å²) in [4.78, 5) is 28.0. The molecule has 2 aliphatic heterocycles. The van der Waals surface area contributed by atoms with Crippen molar-refractivity contribution in [1.29, 1.82) is 0 Å². The van der Waals surface area contributed by atoms with Gasteiger partial charge in [-0.15, -0.1) is 23.1 Å². The van der Waals surface area contributed by atoms with Crippen LogP contribution in [-0.4, -0.2) is 77.1 Å². The van der Waals surface area contributed by atoms with Gasteiger partial charge in [0.2, 0.25) is 5.91 Å². The van der Waals surface area contributed by atoms with E-state index in [0.717, 1.165) is 86.4 Å². The van der Waals surface area contributed by atoms with Gasteiger partial charge in [-0.2, -0.15) is 0 Å². The first-order chi connectivity index (χ1) is 16.6. The summed E-state index contributed by atoms with van der Waals surface area (Å²) >= 11 is 3.52. The largest absolute Gasteiger partial charge is 0.346 e. The number of nitrogens with zero attached hydrogens (tertiary/aromatic N) is 5. The fraction of sp³-hybridized carbons (Fsp3) is 0.560. The third kappa shape index (κ3) is 5.10. The predicted molar refractivity (Wildman–Crippen MR) is 140 cm³/mol. The van der Waals surface area contributed by atoms with Gasteiger partial charge in [0.25, 0.3) is 0 Å². The number of hydrogen-bond acceptors (Lipinski definition) is 7. The number of benzene rings is 1. The summed E-state index contributed by atoms with van der Waals surface area (Å²) in [5.74, 6) is 2.33. The van der Waals surface area contributed by atoms with Crippen LogP contribution in [0.4, 0.5) is 10.8 Å². The van der Waals surface area contributed by atoms with E-state index in [2.05, 4.69) is 20.0 Å². The molecule has 3 heterocycles. The highest BCUT2D eigenvalue weighted by molar-refractivity contribution is 7.99. The molecule has 2 N–H and O–H groups in total. The number of carbonyl (C=O) groups is 1. The molecular formula is C25H32N6OS2. The fourth-order valence-electron chi connectivity index (χ4n) is 5.35. The van der Waals surface area contributed by atoms with Crippen LogP contribution >= 0.6 is 23.1 Å². The number of hydrogen-bond donors (Lipinski definition) is 1. The van der Waals surface area contributed by atoms with E-state index >= 15 is 0 Å². The molecule has 34 heavy (non-hydrogen) atoms. The van der Waals surface area contributed by atoms with Gasteiger partial charge in [-0.3, -0.25) is 9.69 Å². The molecule has 180 valence electrons. The Labute approximate surface area is 210 Å². The minimum atomic E-state index is -0.326. The van der Waals surface area contributed by atoms with Gasteiger partial charge in [0.15, 0.2) is 10.8 Å². The number of amides is 1. The van der Waals surface area contributed by atoms with Crippen molar-refractivity contribution in [3.05, 3.63) is 41.1 Å². The molecule has 1 saturated carbocycles. The van der Waals surface area contributed by atoms with Crippen molar-refractivity contribution >= 4 is 39.8 Å². The predicted octanol–water partition coefficient (Wildman–Crippen LogP) is 3.90. The molecule has 9 heteroatoms. The smallest absolute Gasteiger partial charge is 0.240 e. The summed E-state index contributed by atoms with van der Waals surface area (Å²) in [5.41, 5.74) is 9.10. The molecule has 0 spiro atoms. The monoisotopic (exact) mass is 496 g/mol. The molecule has 1 aromatic heterocycles. The third-order valence-electron chi connectivity index (χ3n) is 7.48. The molecule has 1 aliphatic carbocycles. The van der Waals surface area contributed by atoms with E-state index in [4.69, 9.17) is 17.3 Å². The molecule has 0 bridgehead atoms. The van der Waals surface area contributed by atoms with Crippen molar-refractivity contribution in [2.24, 2.45) is 11.7 Å². The maximum Gasteiger partial charge on any atom is 0.240 e. The lowest BCUT2D eigenvalue weighted by molar-refractivity contribution is -0.132. The van der Waals surface area contributed by atoms with Gasteiger partial charge in [-0.05, 0) is 37.2 Å². The van der Waals surface area contributed by atoms with Crippen LogP contribution in [0, 0.1) is 12.5 Å². The summed E-state index contributed by atoms with van der Waals surface area (Å²) in [6.07, 6.45) is 4.40. The Morgan fingerprint density at radius 1 is 1.09 bits per heavy atom. The standard InChI is InChI=1S/C25H32N6OS2/c1-27-20-6-2-18(3-7-20)22-16-34-25(28-22)30-12-10-29(11-13-30)21-8-4-19(5-9-21)23(26)24(32)31-14-15-33-17-31/h2-3,6-7,16,19,21,23H,4-5,8-15,17,26H2/t19?,21?,23-/m0/s1. The second kappa shape index (κ2) is 10.6. The van der Waals surface area contributed by atoms with E-state index in [-0.39, 0.29) is 11.9 Å². The summed E-state index contributed by atoms with van der Waals surface area (Å²) in [6, 6.07) is 7.93. The molecule has 1 amide bonds. The Hall–Kier alpha value is -2.12. The maximum atomic E-state index is 12.7. The van der Waals surface area contributed by atoms with Crippen LogP contribution in [0.5, 0.6) is 0 Å². The highest BCUT2D eigenvalue weighted by Gasteiger charge is 2.35. The van der Waals surface area contributed by atoms with E-state index in [0.29, 0.717) is 17.6 Å². The minimum Gasteiger partial charge on any atom is -0.346 e. The lowest BCUT2D eigenvalue weighted by Gasteiger charge is -2.42. The zero-order valence-electron chi connectivity index (χ0n) is 19.4. The Morgan fingerprint density at radius 3 is 2.47 bits per heavy atom. The SMILES string of the molecule is [C-]#[N+]c1ccc(-c2csc(N3CCN(C4CCC([C@H](N)C(=O)N5CCSC5)CC4)CC3)n2)cc1. The van der Waals surface area contributed by atoms with Crippen LogP contribution in [0.15, 0.2) is 29.6 Å². The quantitative estimate of drug-likeness (QED) is 0.633. The fourth-order valence-corrected chi connectivity index (χ4v) is 7.20. The lowest BCUT2D eigenvalue weighted by Crippen LogP contribution is -2.53. The Balaban J connectivity index is 1.10. The van der Waals surface area contributed by atoms with E-state index < -0.39 is 0 Å². The van der Waals surface area contributed by atoms with Gasteiger partial charge in [0.05, 0.1) is 24.2 Å². The molecule has 1 aromatic carbocycles. The molecule has 1 atom stereocenters. The number of thioether (sulfide) groups is 1. The minimum absolute atomic E-state index is 0.159. The average Bonchev–Trinajstić information content (AvgIpc) is 3.61. The first kappa shape index (κ1) is 23.6. The van der Waals surface area contributed by atoms with Gasteiger partial charge in [0, 0.05) is 49.9 Å². The van der Waals surface area contributed by atoms with Gasteiger partial charge in [0.1, 0.15) is 0 Å².